The molecular weight excluding hydrogens is 999 g/mol. The van der Waals surface area contributed by atoms with Crippen LogP contribution in [0.25, 0.3) is 32.2 Å². The first kappa shape index (κ1) is 52.9. The Morgan fingerprint density at radius 3 is 2.42 bits per heavy atom. The third-order valence-electron chi connectivity index (χ3n) is 16.3. The normalized spacial score (nSPS) is 19.6. The number of carbonyl (C=O) groups is 4. The summed E-state index contributed by atoms with van der Waals surface area (Å²) in [5.41, 5.74) is 8.46. The van der Waals surface area contributed by atoms with Gasteiger partial charge in [0.2, 0.25) is 11.8 Å². The van der Waals surface area contributed by atoms with Crippen molar-refractivity contribution in [3.63, 3.8) is 0 Å². The van der Waals surface area contributed by atoms with Crippen LogP contribution in [0.15, 0.2) is 91.0 Å². The lowest BCUT2D eigenvalue weighted by Crippen LogP contribution is -2.46. The number of carbonyl (C=O) groups excluding carboxylic acids is 4. The van der Waals surface area contributed by atoms with Gasteiger partial charge in [0.15, 0.2) is 10.8 Å². The molecule has 3 fully saturated rings. The fraction of sp³-hybridized carbons (Fsp3) is 0.435. The zero-order valence-electron chi connectivity index (χ0n) is 45.8. The first-order chi connectivity index (χ1) is 37.6. The highest BCUT2D eigenvalue weighted by atomic mass is 32.1. The molecule has 0 bridgehead atoms. The molecule has 2 atom stereocenters. The summed E-state index contributed by atoms with van der Waals surface area (Å²) in [7, 11) is 1.93. The van der Waals surface area contributed by atoms with Crippen molar-refractivity contribution in [2.75, 3.05) is 54.4 Å². The molecule has 1 saturated carbocycles. The van der Waals surface area contributed by atoms with E-state index in [4.69, 9.17) is 19.6 Å². The minimum atomic E-state index is -0.732. The minimum Gasteiger partial charge on any atom is -0.490 e. The maximum atomic E-state index is 14.2. The average Bonchev–Trinajstić information content (AvgIpc) is 4.12. The lowest BCUT2D eigenvalue weighted by atomic mass is 9.81. The lowest BCUT2D eigenvalue weighted by Gasteiger charge is -2.37. The van der Waals surface area contributed by atoms with Gasteiger partial charge in [-0.25, -0.2) is 14.8 Å². The van der Waals surface area contributed by atoms with Crippen molar-refractivity contribution >= 4 is 72.8 Å². The van der Waals surface area contributed by atoms with Crippen molar-refractivity contribution < 1.29 is 28.7 Å². The van der Waals surface area contributed by atoms with E-state index < -0.39 is 17.5 Å². The molecule has 1 aliphatic carbocycles. The Bertz CT molecular complexity index is 3370. The number of piperidine rings is 1. The monoisotopic (exact) mass is 1070 g/mol. The van der Waals surface area contributed by atoms with Crippen LogP contribution >= 0.6 is 11.3 Å². The number of esters is 1. The van der Waals surface area contributed by atoms with Crippen LogP contribution in [0.3, 0.4) is 0 Å². The van der Waals surface area contributed by atoms with Crippen LogP contribution in [0, 0.1) is 18.8 Å². The summed E-state index contributed by atoms with van der Waals surface area (Å²) < 4.78 is 15.7. The summed E-state index contributed by atoms with van der Waals surface area (Å²) in [6.45, 7) is 16.3. The molecule has 6 heterocycles. The second-order valence-corrected chi connectivity index (χ2v) is 24.0. The van der Waals surface area contributed by atoms with Crippen LogP contribution in [0.2, 0.25) is 0 Å². The quantitative estimate of drug-likeness (QED) is 0.0784. The summed E-state index contributed by atoms with van der Waals surface area (Å²) in [5.74, 6) is 1.22. The SMILES string of the molecule is Cc1c(OC2CCC(C[C@@H](C)CCN3CCN(c4ccc5c(C6CCC(=O)NC6=O)nn(C)c5c4)CC3)CC2)cccc1-c1ccc(N2CCc3cccc(C(=O)Nc4nc5ccccc5s4)c3C2)nc1C(=O)OC(C)(C)C. The van der Waals surface area contributed by atoms with E-state index in [0.29, 0.717) is 59.8 Å². The number of aryl methyl sites for hydroxylation is 1. The Kier molecular flexibility index (Phi) is 15.1. The number of anilines is 3. The van der Waals surface area contributed by atoms with Gasteiger partial charge in [0.05, 0.1) is 33.4 Å². The van der Waals surface area contributed by atoms with Gasteiger partial charge in [-0.3, -0.25) is 34.6 Å². The lowest BCUT2D eigenvalue weighted by molar-refractivity contribution is -0.134. The summed E-state index contributed by atoms with van der Waals surface area (Å²) in [4.78, 5) is 69.3. The second kappa shape index (κ2) is 22.3. The van der Waals surface area contributed by atoms with Crippen molar-refractivity contribution in [1.29, 1.82) is 0 Å². The minimum absolute atomic E-state index is 0.119. The Morgan fingerprint density at radius 1 is 0.846 bits per heavy atom. The highest BCUT2D eigenvalue weighted by molar-refractivity contribution is 7.22. The van der Waals surface area contributed by atoms with Gasteiger partial charge >= 0.3 is 5.97 Å². The average molecular weight is 1070 g/mol. The van der Waals surface area contributed by atoms with Crippen molar-refractivity contribution in [2.45, 2.75) is 117 Å². The molecule has 3 amide bonds. The molecule has 16 heteroatoms. The standard InChI is InChI=1S/C62H71N9O6S/c1-38(27-29-69-31-33-70(34-32-69)42-19-22-47-51(36-42)68(6)67-56(47)48-24-26-55(72)65-59(48)74)35-40-17-20-43(21-18-40)76-52-15-10-12-44(39(52)2)45-23-25-54(64-57(45)60(75)77-62(3,4)5)71-30-28-41-11-9-13-46(49(41)37-71)58(73)66-61-63-50-14-7-8-16-53(50)78-61/h7-16,19,22-23,25,36,38,40,43,48H,17-18,20-21,24,26-35,37H2,1-6H3,(H,63,66,73)(H,65,72,74)/t38-,40?,43?,48?/m0/s1. The molecule has 78 heavy (non-hydrogen) atoms. The highest BCUT2D eigenvalue weighted by Gasteiger charge is 2.33. The van der Waals surface area contributed by atoms with Gasteiger partial charge in [-0.2, -0.15) is 5.10 Å². The molecule has 406 valence electrons. The van der Waals surface area contributed by atoms with E-state index in [9.17, 15) is 19.2 Å². The topological polar surface area (TPSA) is 164 Å². The fourth-order valence-corrected chi connectivity index (χ4v) is 13.0. The zero-order chi connectivity index (χ0) is 54.2. The van der Waals surface area contributed by atoms with Crippen LogP contribution in [-0.2, 0) is 34.3 Å². The van der Waals surface area contributed by atoms with Crippen LogP contribution < -0.4 is 25.2 Å². The number of para-hydroxylation sites is 1. The van der Waals surface area contributed by atoms with Gasteiger partial charge in [-0.05, 0) is 174 Å². The number of rotatable bonds is 14. The van der Waals surface area contributed by atoms with E-state index in [1.807, 2.05) is 99.2 Å². The zero-order valence-corrected chi connectivity index (χ0v) is 46.6. The predicted molar refractivity (Wildman–Crippen MR) is 308 cm³/mol. The third-order valence-corrected chi connectivity index (χ3v) is 17.3. The van der Waals surface area contributed by atoms with Crippen LogP contribution in [0.4, 0.5) is 16.6 Å². The van der Waals surface area contributed by atoms with E-state index in [1.54, 1.807) is 0 Å². The maximum Gasteiger partial charge on any atom is 0.358 e. The van der Waals surface area contributed by atoms with E-state index in [2.05, 4.69) is 68.4 Å². The number of hydrogen-bond donors (Lipinski definition) is 2. The van der Waals surface area contributed by atoms with Crippen molar-refractivity contribution in [3.05, 3.63) is 125 Å². The number of nitrogens with one attached hydrogen (secondary N) is 2. The molecule has 15 nitrogen and oxygen atoms in total. The Morgan fingerprint density at radius 2 is 1.64 bits per heavy atom. The number of piperazine rings is 1. The van der Waals surface area contributed by atoms with Gasteiger partial charge in [0.25, 0.3) is 5.91 Å². The van der Waals surface area contributed by atoms with Crippen LogP contribution in [0.5, 0.6) is 5.75 Å². The molecule has 7 aromatic rings. The molecule has 1 unspecified atom stereocenters. The van der Waals surface area contributed by atoms with E-state index in [0.717, 1.165) is 120 Å². The van der Waals surface area contributed by atoms with Crippen molar-refractivity contribution in [2.24, 2.45) is 18.9 Å². The molecule has 4 aromatic carbocycles. The second-order valence-electron chi connectivity index (χ2n) is 23.0. The molecule has 4 aliphatic rings. The smallest absolute Gasteiger partial charge is 0.358 e. The summed E-state index contributed by atoms with van der Waals surface area (Å²) in [6, 6.07) is 30.2. The summed E-state index contributed by atoms with van der Waals surface area (Å²) in [6.07, 6.45) is 8.39. The first-order valence-electron chi connectivity index (χ1n) is 27.9. The number of nitrogens with zero attached hydrogens (tertiary/aromatic N) is 7. The van der Waals surface area contributed by atoms with Crippen molar-refractivity contribution in [1.82, 2.24) is 30.0 Å². The fourth-order valence-electron chi connectivity index (χ4n) is 12.1. The molecule has 3 aliphatic heterocycles. The molecule has 2 N–H and O–H groups in total. The number of ether oxygens (including phenoxy) is 2. The molecule has 0 spiro atoms. The number of benzene rings is 4. The summed E-state index contributed by atoms with van der Waals surface area (Å²) in [5, 5.41) is 11.8. The molecule has 3 aromatic heterocycles. The maximum absolute atomic E-state index is 14.2. The largest absolute Gasteiger partial charge is 0.490 e. The first-order valence-corrected chi connectivity index (χ1v) is 28.7. The van der Waals surface area contributed by atoms with Crippen LogP contribution in [0.1, 0.15) is 128 Å². The number of thiazole rings is 1. The van der Waals surface area contributed by atoms with E-state index in [-0.39, 0.29) is 29.5 Å². The number of hydrogen-bond acceptors (Lipinski definition) is 13. The van der Waals surface area contributed by atoms with E-state index >= 15 is 0 Å². The Balaban J connectivity index is 0.685. The van der Waals surface area contributed by atoms with Gasteiger partial charge in [0.1, 0.15) is 17.2 Å². The number of amides is 3. The molecule has 0 radical (unpaired) electrons. The molecular formula is C62H71N9O6S. The number of aromatic nitrogens is 4. The van der Waals surface area contributed by atoms with E-state index in [1.165, 1.54) is 29.9 Å². The molecule has 11 rings (SSSR count). The number of fused-ring (bicyclic) bond motifs is 3. The summed E-state index contributed by atoms with van der Waals surface area (Å²) >= 11 is 1.45. The third kappa shape index (κ3) is 11.5. The Hall–Kier alpha value is -7.17. The van der Waals surface area contributed by atoms with Gasteiger partial charge in [-0.1, -0.05) is 54.7 Å². The Labute approximate surface area is 460 Å². The van der Waals surface area contributed by atoms with Crippen molar-refractivity contribution in [3.8, 4) is 16.9 Å². The van der Waals surface area contributed by atoms with Gasteiger partial charge in [-0.15, -0.1) is 0 Å². The number of pyridine rings is 1. The molecule has 2 saturated heterocycles. The predicted octanol–water partition coefficient (Wildman–Crippen LogP) is 11.0. The van der Waals surface area contributed by atoms with Crippen LogP contribution in [-0.4, -0.2) is 99.3 Å². The van der Waals surface area contributed by atoms with Gasteiger partial charge in [0, 0.05) is 74.9 Å². The number of imide groups is 1. The highest BCUT2D eigenvalue weighted by Crippen LogP contribution is 2.39. The van der Waals surface area contributed by atoms with Gasteiger partial charge < -0.3 is 19.3 Å².